The van der Waals surface area contributed by atoms with E-state index in [4.69, 9.17) is 0 Å². The highest BCUT2D eigenvalue weighted by Gasteiger charge is 2.16. The van der Waals surface area contributed by atoms with Gasteiger partial charge in [-0.2, -0.15) is 0 Å². The van der Waals surface area contributed by atoms with Crippen molar-refractivity contribution in [2.24, 2.45) is 0 Å². The first-order valence-electron chi connectivity index (χ1n) is 4.65. The minimum absolute atomic E-state index is 0.212. The number of hydrogen-bond acceptors (Lipinski definition) is 3. The molecule has 0 fully saturated rings. The van der Waals surface area contributed by atoms with Crippen molar-refractivity contribution in [2.75, 3.05) is 11.9 Å². The highest BCUT2D eigenvalue weighted by Crippen LogP contribution is 2.30. The van der Waals surface area contributed by atoms with E-state index in [1.807, 2.05) is 18.2 Å². The van der Waals surface area contributed by atoms with Gasteiger partial charge in [0.1, 0.15) is 0 Å². The molecule has 1 aliphatic heterocycles. The number of fused-ring (bicyclic) bond motifs is 3. The maximum absolute atomic E-state index is 11.7. The monoisotopic (exact) mass is 203 g/mol. The molecule has 1 aliphatic rings. The fourth-order valence-electron chi connectivity index (χ4n) is 1.93. The SMILES string of the molecule is O=c1sc2ccccc2c2c1CCN2. The number of rotatable bonds is 0. The quantitative estimate of drug-likeness (QED) is 0.711. The third-order valence-corrected chi connectivity index (χ3v) is 3.59. The van der Waals surface area contributed by atoms with Gasteiger partial charge in [-0.1, -0.05) is 29.5 Å². The third kappa shape index (κ3) is 0.990. The van der Waals surface area contributed by atoms with Gasteiger partial charge in [-0.15, -0.1) is 0 Å². The highest BCUT2D eigenvalue weighted by atomic mass is 32.1. The van der Waals surface area contributed by atoms with Gasteiger partial charge >= 0.3 is 0 Å². The summed E-state index contributed by atoms with van der Waals surface area (Å²) in [5, 5.41) is 4.48. The van der Waals surface area contributed by atoms with Crippen LogP contribution in [0.15, 0.2) is 29.1 Å². The summed E-state index contributed by atoms with van der Waals surface area (Å²) in [5.41, 5.74) is 2.03. The molecule has 0 radical (unpaired) electrons. The summed E-state index contributed by atoms with van der Waals surface area (Å²) in [6.07, 6.45) is 0.871. The first-order chi connectivity index (χ1) is 6.86. The zero-order valence-corrected chi connectivity index (χ0v) is 8.36. The van der Waals surface area contributed by atoms with Crippen molar-refractivity contribution in [2.45, 2.75) is 6.42 Å². The Bertz CT molecular complexity index is 559. The van der Waals surface area contributed by atoms with Gasteiger partial charge in [0.25, 0.3) is 0 Å². The van der Waals surface area contributed by atoms with Crippen LogP contribution in [0.2, 0.25) is 0 Å². The van der Waals surface area contributed by atoms with Gasteiger partial charge in [0.15, 0.2) is 0 Å². The molecule has 0 saturated heterocycles. The molecule has 0 unspecified atom stereocenters. The van der Waals surface area contributed by atoms with E-state index in [1.165, 1.54) is 16.7 Å². The average molecular weight is 203 g/mol. The van der Waals surface area contributed by atoms with Crippen LogP contribution < -0.4 is 10.1 Å². The minimum atomic E-state index is 0.212. The van der Waals surface area contributed by atoms with Crippen LogP contribution in [0.4, 0.5) is 5.69 Å². The van der Waals surface area contributed by atoms with Gasteiger partial charge in [-0.05, 0) is 12.5 Å². The molecule has 14 heavy (non-hydrogen) atoms. The van der Waals surface area contributed by atoms with Crippen molar-refractivity contribution in [3.05, 3.63) is 39.4 Å². The second kappa shape index (κ2) is 2.82. The van der Waals surface area contributed by atoms with E-state index in [9.17, 15) is 4.79 Å². The third-order valence-electron chi connectivity index (χ3n) is 2.58. The maximum atomic E-state index is 11.7. The predicted molar refractivity (Wildman–Crippen MR) is 60.3 cm³/mol. The fraction of sp³-hybridized carbons (Fsp3) is 0.182. The van der Waals surface area contributed by atoms with Crippen molar-refractivity contribution in [1.29, 1.82) is 0 Å². The second-order valence-corrected chi connectivity index (χ2v) is 4.43. The summed E-state index contributed by atoms with van der Waals surface area (Å²) in [6.45, 7) is 0.894. The van der Waals surface area contributed by atoms with E-state index < -0.39 is 0 Å². The number of nitrogens with one attached hydrogen (secondary N) is 1. The zero-order valence-electron chi connectivity index (χ0n) is 7.54. The largest absolute Gasteiger partial charge is 0.384 e. The summed E-state index contributed by atoms with van der Waals surface area (Å²) in [4.78, 5) is 11.7. The molecule has 0 bridgehead atoms. The molecule has 1 aromatic carbocycles. The lowest BCUT2D eigenvalue weighted by atomic mass is 10.1. The number of hydrogen-bond donors (Lipinski definition) is 1. The lowest BCUT2D eigenvalue weighted by molar-refractivity contribution is 1.10. The lowest BCUT2D eigenvalue weighted by Gasteiger charge is -2.03. The molecule has 0 aliphatic carbocycles. The first kappa shape index (κ1) is 8.00. The predicted octanol–water partition coefficient (Wildman–Crippen LogP) is 2.23. The van der Waals surface area contributed by atoms with Crippen molar-refractivity contribution in [3.63, 3.8) is 0 Å². The van der Waals surface area contributed by atoms with Crippen molar-refractivity contribution in [1.82, 2.24) is 0 Å². The Morgan fingerprint density at radius 3 is 3.07 bits per heavy atom. The van der Waals surface area contributed by atoms with Crippen LogP contribution >= 0.6 is 11.3 Å². The molecular weight excluding hydrogens is 194 g/mol. The summed E-state index contributed by atoms with van der Waals surface area (Å²) in [5.74, 6) is 0. The van der Waals surface area contributed by atoms with Gasteiger partial charge in [-0.3, -0.25) is 4.79 Å². The van der Waals surface area contributed by atoms with E-state index in [0.717, 1.165) is 28.9 Å². The van der Waals surface area contributed by atoms with Gasteiger partial charge in [0, 0.05) is 22.2 Å². The second-order valence-electron chi connectivity index (χ2n) is 3.42. The van der Waals surface area contributed by atoms with Crippen molar-refractivity contribution in [3.8, 4) is 0 Å². The van der Waals surface area contributed by atoms with Crippen molar-refractivity contribution < 1.29 is 0 Å². The summed E-state index contributed by atoms with van der Waals surface area (Å²) in [6, 6.07) is 8.06. The Morgan fingerprint density at radius 1 is 1.29 bits per heavy atom. The molecule has 1 N–H and O–H groups in total. The summed E-state index contributed by atoms with van der Waals surface area (Å²) in [7, 11) is 0. The minimum Gasteiger partial charge on any atom is -0.384 e. The molecule has 0 spiro atoms. The van der Waals surface area contributed by atoms with Crippen LogP contribution in [-0.2, 0) is 6.42 Å². The molecule has 1 aromatic heterocycles. The van der Waals surface area contributed by atoms with Gasteiger partial charge in [0.2, 0.25) is 4.74 Å². The average Bonchev–Trinajstić information content (AvgIpc) is 2.67. The van der Waals surface area contributed by atoms with Crippen LogP contribution in [0.5, 0.6) is 0 Å². The van der Waals surface area contributed by atoms with E-state index >= 15 is 0 Å². The first-order valence-corrected chi connectivity index (χ1v) is 5.46. The molecule has 0 atom stereocenters. The van der Waals surface area contributed by atoms with Crippen molar-refractivity contribution >= 4 is 27.1 Å². The Morgan fingerprint density at radius 2 is 2.14 bits per heavy atom. The van der Waals surface area contributed by atoms with Crippen LogP contribution in [0.1, 0.15) is 5.56 Å². The van der Waals surface area contributed by atoms with E-state index in [2.05, 4.69) is 11.4 Å². The summed E-state index contributed by atoms with van der Waals surface area (Å²) < 4.78 is 1.29. The number of anilines is 1. The topological polar surface area (TPSA) is 29.1 Å². The molecule has 2 heterocycles. The van der Waals surface area contributed by atoms with Crippen LogP contribution in [0, 0.1) is 0 Å². The smallest absolute Gasteiger partial charge is 0.238 e. The van der Waals surface area contributed by atoms with Crippen LogP contribution in [0.3, 0.4) is 0 Å². The van der Waals surface area contributed by atoms with E-state index in [-0.39, 0.29) is 4.74 Å². The Hall–Kier alpha value is -1.35. The lowest BCUT2D eigenvalue weighted by Crippen LogP contribution is -2.01. The summed E-state index contributed by atoms with van der Waals surface area (Å²) >= 11 is 1.35. The molecule has 70 valence electrons. The van der Waals surface area contributed by atoms with Gasteiger partial charge < -0.3 is 5.32 Å². The Balaban J connectivity index is 2.52. The van der Waals surface area contributed by atoms with Gasteiger partial charge in [0.05, 0.1) is 5.69 Å². The number of benzene rings is 1. The van der Waals surface area contributed by atoms with Crippen LogP contribution in [0.25, 0.3) is 10.1 Å². The molecular formula is C11H9NOS. The molecule has 0 saturated carbocycles. The Labute approximate surface area is 85.2 Å². The highest BCUT2D eigenvalue weighted by molar-refractivity contribution is 7.16. The molecule has 3 heteroatoms. The zero-order chi connectivity index (χ0) is 9.54. The van der Waals surface area contributed by atoms with E-state index in [1.54, 1.807) is 0 Å². The van der Waals surface area contributed by atoms with Gasteiger partial charge in [-0.25, -0.2) is 0 Å². The molecule has 2 aromatic rings. The van der Waals surface area contributed by atoms with Crippen LogP contribution in [-0.4, -0.2) is 6.54 Å². The maximum Gasteiger partial charge on any atom is 0.238 e. The molecule has 3 rings (SSSR count). The Kier molecular flexibility index (Phi) is 1.61. The molecule has 0 amide bonds. The standard InChI is InChI=1S/C11H9NOS/c13-11-8-5-6-12-10(8)7-3-1-2-4-9(7)14-11/h1-4,12H,5-6H2. The van der Waals surface area contributed by atoms with E-state index in [0.29, 0.717) is 0 Å². The normalized spacial score (nSPS) is 14.0. The molecule has 2 nitrogen and oxygen atoms in total. The fourth-order valence-corrected chi connectivity index (χ4v) is 2.88.